The molecule has 8 rings (SSSR count). The van der Waals surface area contributed by atoms with Crippen LogP contribution in [0.15, 0.2) is 121 Å². The summed E-state index contributed by atoms with van der Waals surface area (Å²) in [6, 6.07) is 42.4. The molecule has 2 N–H and O–H groups in total. The molecule has 0 aromatic heterocycles. The molecule has 0 atom stereocenters. The Balaban J connectivity index is 0.00000578. The van der Waals surface area contributed by atoms with Crippen LogP contribution in [0.2, 0.25) is 0 Å². The smallest absolute Gasteiger partial charge is 0.506 e. The van der Waals surface area contributed by atoms with Crippen molar-refractivity contribution < 1.29 is 31.3 Å². The van der Waals surface area contributed by atoms with Crippen molar-refractivity contribution in [3.8, 4) is 33.8 Å². The van der Waals surface area contributed by atoms with Gasteiger partial charge in [-0.05, 0) is 115 Å². The van der Waals surface area contributed by atoms with Gasteiger partial charge in [0.05, 0.1) is 11.4 Å². The van der Waals surface area contributed by atoms with Crippen LogP contribution < -0.4 is 19.6 Å². The molecular formula is C55H62N4O2Pt. The Morgan fingerprint density at radius 2 is 0.677 bits per heavy atom. The molecule has 62 heavy (non-hydrogen) atoms. The first-order chi connectivity index (χ1) is 28.6. The Morgan fingerprint density at radius 1 is 0.371 bits per heavy atom. The Kier molecular flexibility index (Phi) is 11.7. The summed E-state index contributed by atoms with van der Waals surface area (Å²) in [6.45, 7) is 31.6. The summed E-state index contributed by atoms with van der Waals surface area (Å²) < 4.78 is 0. The standard InChI is InChI=1S/C55H62N4O2.Pt/c1-52(2,3)40-25-38(26-41(31-40)53(4,5)6)36-21-23-48(50(60)29-36)58-34-56(44-17-13-15-19-46(44)58)33-57-35-59(47-20-16-14-18-45(47)57)49-24-22-37(30-51(49)61)39-27-42(54(7,8)9)32-43(28-39)55(10,11)12;/h13-32,34-35,60-61H,33H2,1-12H3;/q-2;+2. The number of aromatic hydroxyl groups is 2. The molecule has 0 fully saturated rings. The summed E-state index contributed by atoms with van der Waals surface area (Å²) in [5, 5.41) is 23.5. The fraction of sp³-hybridized carbons (Fsp3) is 0.309. The van der Waals surface area contributed by atoms with Crippen molar-refractivity contribution in [1.29, 1.82) is 0 Å². The van der Waals surface area contributed by atoms with Gasteiger partial charge in [-0.2, -0.15) is 0 Å². The second-order valence-electron chi connectivity index (χ2n) is 21.0. The zero-order valence-electron chi connectivity index (χ0n) is 38.4. The first kappa shape index (κ1) is 44.9. The maximum Gasteiger partial charge on any atom is 2.00 e. The van der Waals surface area contributed by atoms with E-state index in [2.05, 4.69) is 201 Å². The Morgan fingerprint density at radius 3 is 0.968 bits per heavy atom. The molecular weight excluding hydrogens is 944 g/mol. The summed E-state index contributed by atoms with van der Waals surface area (Å²) in [7, 11) is 0. The summed E-state index contributed by atoms with van der Waals surface area (Å²) in [5.74, 6) is 0.429. The van der Waals surface area contributed by atoms with Crippen LogP contribution in [0.1, 0.15) is 105 Å². The molecule has 6 nitrogen and oxygen atoms in total. The number of hydrogen-bond donors (Lipinski definition) is 2. The minimum Gasteiger partial charge on any atom is -0.506 e. The number of anilines is 6. The Hall–Kier alpha value is -5.19. The molecule has 6 aromatic carbocycles. The number of phenols is 2. The molecule has 0 unspecified atom stereocenters. The third-order valence-corrected chi connectivity index (χ3v) is 12.2. The van der Waals surface area contributed by atoms with E-state index in [1.807, 2.05) is 36.4 Å². The average molecular weight is 1010 g/mol. The molecule has 0 saturated carbocycles. The number of nitrogens with zero attached hydrogens (tertiary/aromatic N) is 4. The van der Waals surface area contributed by atoms with Gasteiger partial charge in [-0.15, -0.1) is 13.3 Å². The van der Waals surface area contributed by atoms with Crippen LogP contribution in [0, 0.1) is 13.3 Å². The number of hydrogen-bond acceptors (Lipinski definition) is 6. The fourth-order valence-corrected chi connectivity index (χ4v) is 8.26. The van der Waals surface area contributed by atoms with E-state index in [1.54, 1.807) is 0 Å². The van der Waals surface area contributed by atoms with Crippen molar-refractivity contribution in [2.24, 2.45) is 0 Å². The van der Waals surface area contributed by atoms with Gasteiger partial charge in [0.1, 0.15) is 11.5 Å². The third-order valence-electron chi connectivity index (χ3n) is 12.2. The van der Waals surface area contributed by atoms with Crippen molar-refractivity contribution >= 4 is 34.1 Å². The second kappa shape index (κ2) is 16.2. The summed E-state index contributed by atoms with van der Waals surface area (Å²) >= 11 is 0. The predicted molar refractivity (Wildman–Crippen MR) is 257 cm³/mol. The summed E-state index contributed by atoms with van der Waals surface area (Å²) in [4.78, 5) is 8.56. The number of rotatable bonds is 6. The van der Waals surface area contributed by atoms with Gasteiger partial charge in [0.25, 0.3) is 0 Å². The molecule has 2 aliphatic rings. The molecule has 7 heteroatoms. The van der Waals surface area contributed by atoms with Gasteiger partial charge in [0.2, 0.25) is 0 Å². The van der Waals surface area contributed by atoms with Crippen molar-refractivity contribution in [2.75, 3.05) is 26.3 Å². The van der Waals surface area contributed by atoms with E-state index >= 15 is 0 Å². The zero-order valence-corrected chi connectivity index (χ0v) is 40.7. The van der Waals surface area contributed by atoms with E-state index in [9.17, 15) is 10.2 Å². The molecule has 0 spiro atoms. The summed E-state index contributed by atoms with van der Waals surface area (Å²) in [5.41, 5.74) is 14.7. The van der Waals surface area contributed by atoms with E-state index in [1.165, 1.54) is 22.3 Å². The van der Waals surface area contributed by atoms with Gasteiger partial charge >= 0.3 is 21.1 Å². The molecule has 0 aliphatic carbocycles. The van der Waals surface area contributed by atoms with Crippen LogP contribution in [0.3, 0.4) is 0 Å². The molecule has 324 valence electrons. The van der Waals surface area contributed by atoms with Crippen LogP contribution in [-0.4, -0.2) is 16.9 Å². The van der Waals surface area contributed by atoms with Gasteiger partial charge in [0, 0.05) is 29.4 Å². The van der Waals surface area contributed by atoms with E-state index in [4.69, 9.17) is 0 Å². The number of benzene rings is 6. The van der Waals surface area contributed by atoms with Gasteiger partial charge in [-0.25, -0.2) is 0 Å². The monoisotopic (exact) mass is 1010 g/mol. The predicted octanol–water partition coefficient (Wildman–Crippen LogP) is 14.4. The Labute approximate surface area is 385 Å². The van der Waals surface area contributed by atoms with Crippen LogP contribution >= 0.6 is 0 Å². The first-order valence-electron chi connectivity index (χ1n) is 21.5. The molecule has 0 amide bonds. The van der Waals surface area contributed by atoms with Crippen molar-refractivity contribution in [1.82, 2.24) is 0 Å². The SMILES string of the molecule is CC(C)(C)c1cc(-c2ccc(N3[CH-]N(CN4[CH-]N(c5ccc(-c6cc(C(C)(C)C)cc(C(C)(C)C)c6)cc5O)c5ccccc54)c4ccccc43)c(O)c2)cc(C(C)(C)C)c1.[Pt+2]. The van der Waals surface area contributed by atoms with E-state index in [0.29, 0.717) is 18.0 Å². The van der Waals surface area contributed by atoms with Crippen LogP contribution in [0.4, 0.5) is 34.1 Å². The van der Waals surface area contributed by atoms with E-state index in [-0.39, 0.29) is 54.2 Å². The largest absolute Gasteiger partial charge is 2.00 e. The van der Waals surface area contributed by atoms with Gasteiger partial charge in [0.15, 0.2) is 0 Å². The maximum atomic E-state index is 11.7. The topological polar surface area (TPSA) is 53.4 Å². The van der Waals surface area contributed by atoms with Crippen LogP contribution in [0.25, 0.3) is 22.3 Å². The van der Waals surface area contributed by atoms with Crippen molar-refractivity contribution in [2.45, 2.75) is 105 Å². The maximum absolute atomic E-state index is 11.7. The molecule has 0 bridgehead atoms. The number of para-hydroxylation sites is 4. The van der Waals surface area contributed by atoms with Gasteiger partial charge in [-0.1, -0.05) is 156 Å². The van der Waals surface area contributed by atoms with E-state index in [0.717, 1.165) is 45.0 Å². The summed E-state index contributed by atoms with van der Waals surface area (Å²) in [6.07, 6.45) is 0. The number of phenolic OH excluding ortho intramolecular Hbond substituents is 2. The Bertz CT molecular complexity index is 2380. The molecule has 2 aliphatic heterocycles. The second-order valence-corrected chi connectivity index (χ2v) is 21.0. The minimum absolute atomic E-state index is 0. The first-order valence-corrected chi connectivity index (χ1v) is 21.5. The van der Waals surface area contributed by atoms with Crippen molar-refractivity contribution in [3.05, 3.63) is 157 Å². The normalized spacial score (nSPS) is 14.3. The molecule has 2 heterocycles. The van der Waals surface area contributed by atoms with Gasteiger partial charge < -0.3 is 29.8 Å². The molecule has 0 saturated heterocycles. The van der Waals surface area contributed by atoms with Crippen LogP contribution in [-0.2, 0) is 42.7 Å². The quantitative estimate of drug-likeness (QED) is 0.162. The zero-order chi connectivity index (χ0) is 43.8. The van der Waals surface area contributed by atoms with Crippen LogP contribution in [0.5, 0.6) is 11.5 Å². The molecule has 6 aromatic rings. The molecule has 0 radical (unpaired) electrons. The average Bonchev–Trinajstić information content (AvgIpc) is 3.74. The van der Waals surface area contributed by atoms with E-state index < -0.39 is 0 Å². The van der Waals surface area contributed by atoms with Gasteiger partial charge in [-0.3, -0.25) is 0 Å². The fourth-order valence-electron chi connectivity index (χ4n) is 8.26. The minimum atomic E-state index is -0.0130. The third kappa shape index (κ3) is 8.73. The number of fused-ring (bicyclic) bond motifs is 2. The van der Waals surface area contributed by atoms with Crippen molar-refractivity contribution in [3.63, 3.8) is 0 Å².